The van der Waals surface area contributed by atoms with Crippen molar-refractivity contribution in [3.05, 3.63) is 72.4 Å². The zero-order valence-corrected chi connectivity index (χ0v) is 16.2. The highest BCUT2D eigenvalue weighted by Crippen LogP contribution is 2.32. The van der Waals surface area contributed by atoms with E-state index in [1.807, 2.05) is 0 Å². The van der Waals surface area contributed by atoms with Crippen molar-refractivity contribution < 1.29 is 4.79 Å². The molecule has 0 spiro atoms. The Morgan fingerprint density at radius 2 is 1.57 bits per heavy atom. The van der Waals surface area contributed by atoms with Crippen LogP contribution in [0.1, 0.15) is 12.0 Å². The Labute approximate surface area is 166 Å². The van der Waals surface area contributed by atoms with Crippen molar-refractivity contribution in [2.45, 2.75) is 19.5 Å². The first kappa shape index (κ1) is 17.5. The van der Waals surface area contributed by atoms with Crippen LogP contribution in [-0.2, 0) is 17.9 Å². The number of carbonyl (C=O) groups is 1. The van der Waals surface area contributed by atoms with Gasteiger partial charge in [-0.3, -0.25) is 9.69 Å². The number of rotatable bonds is 5. The Morgan fingerprint density at radius 1 is 0.857 bits per heavy atom. The van der Waals surface area contributed by atoms with Gasteiger partial charge in [-0.25, -0.2) is 0 Å². The van der Waals surface area contributed by atoms with E-state index in [2.05, 4.69) is 81.2 Å². The summed E-state index contributed by atoms with van der Waals surface area (Å²) in [6.45, 7) is 5.89. The fourth-order valence-electron chi connectivity index (χ4n) is 4.97. The molecule has 0 saturated carbocycles. The van der Waals surface area contributed by atoms with Gasteiger partial charge in [0, 0.05) is 57.4 Å². The largest absolute Gasteiger partial charge is 0.347 e. The summed E-state index contributed by atoms with van der Waals surface area (Å²) in [7, 11) is 0. The molecule has 5 rings (SSSR count). The molecule has 1 aromatic heterocycles. The fraction of sp³-hybridized carbons (Fsp3) is 0.375. The van der Waals surface area contributed by atoms with Gasteiger partial charge in [0.25, 0.3) is 0 Å². The molecule has 2 aliphatic rings. The van der Waals surface area contributed by atoms with Crippen LogP contribution in [0.2, 0.25) is 0 Å². The molecular weight excluding hydrogens is 346 g/mol. The van der Waals surface area contributed by atoms with Crippen molar-refractivity contribution in [2.75, 3.05) is 26.2 Å². The summed E-state index contributed by atoms with van der Waals surface area (Å²) >= 11 is 0. The average molecular weight is 374 g/mol. The molecule has 144 valence electrons. The Kier molecular flexibility index (Phi) is 4.65. The molecule has 4 heteroatoms. The number of hydrogen-bond donors (Lipinski definition) is 0. The zero-order chi connectivity index (χ0) is 18.9. The van der Waals surface area contributed by atoms with Crippen LogP contribution in [0.4, 0.5) is 0 Å². The summed E-state index contributed by atoms with van der Waals surface area (Å²) in [6, 6.07) is 21.2. The van der Waals surface area contributed by atoms with Crippen molar-refractivity contribution in [2.24, 2.45) is 11.8 Å². The molecular formula is C24H27N3O. The van der Waals surface area contributed by atoms with Gasteiger partial charge in [0.15, 0.2) is 0 Å². The molecule has 0 unspecified atom stereocenters. The molecule has 2 aromatic carbocycles. The second-order valence-corrected chi connectivity index (χ2v) is 8.32. The first-order chi connectivity index (χ1) is 13.8. The molecule has 0 N–H and O–H groups in total. The van der Waals surface area contributed by atoms with Gasteiger partial charge in [-0.05, 0) is 34.9 Å². The number of hydrogen-bond acceptors (Lipinski definition) is 2. The molecule has 2 saturated heterocycles. The van der Waals surface area contributed by atoms with Gasteiger partial charge in [-0.1, -0.05) is 48.5 Å². The lowest BCUT2D eigenvalue weighted by Gasteiger charge is -2.22. The molecule has 0 bridgehead atoms. The van der Waals surface area contributed by atoms with Gasteiger partial charge in [0.2, 0.25) is 5.91 Å². The highest BCUT2D eigenvalue weighted by Gasteiger charge is 2.41. The van der Waals surface area contributed by atoms with Crippen molar-refractivity contribution in [1.29, 1.82) is 0 Å². The van der Waals surface area contributed by atoms with E-state index in [1.165, 1.54) is 16.5 Å². The Bertz CT molecular complexity index is 950. The Balaban J connectivity index is 1.14. The highest BCUT2D eigenvalue weighted by molar-refractivity contribution is 5.80. The van der Waals surface area contributed by atoms with Crippen LogP contribution in [0.3, 0.4) is 0 Å². The summed E-state index contributed by atoms with van der Waals surface area (Å²) in [5, 5.41) is 1.24. The van der Waals surface area contributed by atoms with Crippen LogP contribution in [0, 0.1) is 11.8 Å². The quantitative estimate of drug-likeness (QED) is 0.683. The second-order valence-electron chi connectivity index (χ2n) is 8.32. The number of carbonyl (C=O) groups excluding carboxylic acids is 1. The van der Waals surface area contributed by atoms with E-state index >= 15 is 0 Å². The van der Waals surface area contributed by atoms with Gasteiger partial charge < -0.3 is 9.47 Å². The standard InChI is InChI=1S/C24H27N3O/c28-24(11-13-26-12-10-20-8-4-5-9-23(20)26)27-17-21-15-25(16-22(21)18-27)14-19-6-2-1-3-7-19/h1-10,12,21-22H,11,13-18H2/t21-,22-/m0/s1. The van der Waals surface area contributed by atoms with Crippen LogP contribution in [0.5, 0.6) is 0 Å². The van der Waals surface area contributed by atoms with E-state index in [0.29, 0.717) is 24.2 Å². The number of nitrogens with zero attached hydrogens (tertiary/aromatic N) is 3. The summed E-state index contributed by atoms with van der Waals surface area (Å²) in [5.41, 5.74) is 2.60. The Hall–Kier alpha value is -2.59. The second kappa shape index (κ2) is 7.44. The lowest BCUT2D eigenvalue weighted by atomic mass is 10.0. The van der Waals surface area contributed by atoms with E-state index in [1.54, 1.807) is 0 Å². The van der Waals surface area contributed by atoms with E-state index in [9.17, 15) is 4.79 Å². The number of likely N-dealkylation sites (tertiary alicyclic amines) is 2. The molecule has 2 aliphatic heterocycles. The molecule has 0 radical (unpaired) electrons. The van der Waals surface area contributed by atoms with Gasteiger partial charge in [0.05, 0.1) is 0 Å². The van der Waals surface area contributed by atoms with E-state index in [0.717, 1.165) is 39.3 Å². The van der Waals surface area contributed by atoms with Gasteiger partial charge in [-0.2, -0.15) is 0 Å². The van der Waals surface area contributed by atoms with Crippen molar-refractivity contribution in [3.8, 4) is 0 Å². The molecule has 2 atom stereocenters. The predicted molar refractivity (Wildman–Crippen MR) is 112 cm³/mol. The SMILES string of the molecule is O=C(CCn1ccc2ccccc21)N1C[C@@H]2CN(Cc3ccccc3)C[C@H]2C1. The maximum absolute atomic E-state index is 12.8. The zero-order valence-electron chi connectivity index (χ0n) is 16.2. The average Bonchev–Trinajstić information content (AvgIpc) is 3.40. The lowest BCUT2D eigenvalue weighted by Crippen LogP contribution is -2.33. The number of aromatic nitrogens is 1. The van der Waals surface area contributed by atoms with Crippen LogP contribution >= 0.6 is 0 Å². The number of amides is 1. The van der Waals surface area contributed by atoms with Crippen molar-refractivity contribution in [3.63, 3.8) is 0 Å². The van der Waals surface area contributed by atoms with Crippen LogP contribution in [0.15, 0.2) is 66.9 Å². The molecule has 4 nitrogen and oxygen atoms in total. The number of aryl methyl sites for hydroxylation is 1. The summed E-state index contributed by atoms with van der Waals surface area (Å²) in [6.07, 6.45) is 2.68. The Morgan fingerprint density at radius 3 is 2.36 bits per heavy atom. The third-order valence-corrected chi connectivity index (χ3v) is 6.41. The minimum Gasteiger partial charge on any atom is -0.347 e. The maximum Gasteiger partial charge on any atom is 0.224 e. The van der Waals surface area contributed by atoms with Crippen LogP contribution < -0.4 is 0 Å². The summed E-state index contributed by atoms with van der Waals surface area (Å²) in [5.74, 6) is 1.59. The van der Waals surface area contributed by atoms with Crippen molar-refractivity contribution >= 4 is 16.8 Å². The maximum atomic E-state index is 12.8. The number of benzene rings is 2. The van der Waals surface area contributed by atoms with E-state index < -0.39 is 0 Å². The predicted octanol–water partition coefficient (Wildman–Crippen LogP) is 3.62. The van der Waals surface area contributed by atoms with E-state index in [4.69, 9.17) is 0 Å². The van der Waals surface area contributed by atoms with Crippen LogP contribution in [-0.4, -0.2) is 46.5 Å². The lowest BCUT2D eigenvalue weighted by molar-refractivity contribution is -0.130. The molecule has 2 fully saturated rings. The molecule has 3 aromatic rings. The fourth-order valence-corrected chi connectivity index (χ4v) is 4.97. The van der Waals surface area contributed by atoms with E-state index in [-0.39, 0.29) is 0 Å². The minimum atomic E-state index is 0.307. The molecule has 1 amide bonds. The van der Waals surface area contributed by atoms with Gasteiger partial charge in [-0.15, -0.1) is 0 Å². The first-order valence-electron chi connectivity index (χ1n) is 10.3. The minimum absolute atomic E-state index is 0.307. The third kappa shape index (κ3) is 3.45. The highest BCUT2D eigenvalue weighted by atomic mass is 16.2. The monoisotopic (exact) mass is 373 g/mol. The summed E-state index contributed by atoms with van der Waals surface area (Å²) < 4.78 is 2.20. The molecule has 3 heterocycles. The third-order valence-electron chi connectivity index (χ3n) is 6.41. The summed E-state index contributed by atoms with van der Waals surface area (Å²) in [4.78, 5) is 17.4. The van der Waals surface area contributed by atoms with Gasteiger partial charge >= 0.3 is 0 Å². The number of fused-ring (bicyclic) bond motifs is 2. The smallest absolute Gasteiger partial charge is 0.224 e. The number of para-hydroxylation sites is 1. The molecule has 0 aliphatic carbocycles. The van der Waals surface area contributed by atoms with Crippen molar-refractivity contribution in [1.82, 2.24) is 14.4 Å². The normalized spacial score (nSPS) is 22.1. The molecule has 28 heavy (non-hydrogen) atoms. The topological polar surface area (TPSA) is 28.5 Å². The van der Waals surface area contributed by atoms with Crippen LogP contribution in [0.25, 0.3) is 10.9 Å². The van der Waals surface area contributed by atoms with Gasteiger partial charge in [0.1, 0.15) is 0 Å². The first-order valence-corrected chi connectivity index (χ1v) is 10.3.